The lowest BCUT2D eigenvalue weighted by atomic mass is 10.1. The van der Waals surface area contributed by atoms with Gasteiger partial charge in [-0.1, -0.05) is 11.6 Å². The van der Waals surface area contributed by atoms with E-state index in [0.717, 1.165) is 12.0 Å². The molecule has 0 spiro atoms. The number of hydrogen-bond acceptors (Lipinski definition) is 3. The molecule has 0 aliphatic rings. The molecule has 3 heteroatoms. The predicted molar refractivity (Wildman–Crippen MR) is 54.9 cm³/mol. The molecule has 0 atom stereocenters. The first kappa shape index (κ1) is 12.9. The molecule has 0 aromatic heterocycles. The van der Waals surface area contributed by atoms with Crippen LogP contribution in [-0.2, 0) is 14.3 Å². The number of methoxy groups -OCH3 is 1. The maximum atomic E-state index is 10.8. The number of ether oxygens (including phenoxy) is 1. The Labute approximate surface area is 85.1 Å². The van der Waals surface area contributed by atoms with E-state index < -0.39 is 0 Å². The highest BCUT2D eigenvalue weighted by Crippen LogP contribution is 2.07. The number of hydrogen-bond donors (Lipinski definition) is 0. The molecule has 0 heterocycles. The van der Waals surface area contributed by atoms with Crippen LogP contribution in [0, 0.1) is 0 Å². The smallest absolute Gasteiger partial charge is 0.305 e. The second kappa shape index (κ2) is 7.30. The van der Waals surface area contributed by atoms with Crippen molar-refractivity contribution in [1.29, 1.82) is 0 Å². The van der Waals surface area contributed by atoms with Crippen LogP contribution in [0.1, 0.15) is 39.5 Å². The van der Waals surface area contributed by atoms with Gasteiger partial charge in [0.25, 0.3) is 0 Å². The number of carbonyl (C=O) groups excluding carboxylic acids is 2. The summed E-state index contributed by atoms with van der Waals surface area (Å²) in [6.07, 6.45) is 4.48. The Balaban J connectivity index is 3.67. The summed E-state index contributed by atoms with van der Waals surface area (Å²) in [4.78, 5) is 21.4. The van der Waals surface area contributed by atoms with Gasteiger partial charge in [0.2, 0.25) is 0 Å². The van der Waals surface area contributed by atoms with Crippen molar-refractivity contribution < 1.29 is 14.3 Å². The van der Waals surface area contributed by atoms with E-state index in [1.807, 2.05) is 13.0 Å². The molecule has 80 valence electrons. The van der Waals surface area contributed by atoms with Crippen LogP contribution in [0.3, 0.4) is 0 Å². The minimum absolute atomic E-state index is 0.190. The first-order chi connectivity index (χ1) is 6.56. The molecule has 0 amide bonds. The van der Waals surface area contributed by atoms with Crippen molar-refractivity contribution in [3.8, 4) is 0 Å². The Morgan fingerprint density at radius 3 is 2.29 bits per heavy atom. The molecule has 0 N–H and O–H groups in total. The van der Waals surface area contributed by atoms with Gasteiger partial charge >= 0.3 is 5.97 Å². The van der Waals surface area contributed by atoms with Gasteiger partial charge in [-0.15, -0.1) is 0 Å². The van der Waals surface area contributed by atoms with Gasteiger partial charge in [0.05, 0.1) is 7.11 Å². The lowest BCUT2D eigenvalue weighted by Crippen LogP contribution is -1.99. The van der Waals surface area contributed by atoms with E-state index in [9.17, 15) is 9.59 Å². The summed E-state index contributed by atoms with van der Waals surface area (Å²) in [5.41, 5.74) is 1.14. The summed E-state index contributed by atoms with van der Waals surface area (Å²) in [5.74, 6) is 0.00587. The molecule has 0 saturated heterocycles. The fourth-order valence-corrected chi connectivity index (χ4v) is 1.03. The van der Waals surface area contributed by atoms with Gasteiger partial charge in [-0.2, -0.15) is 0 Å². The summed E-state index contributed by atoms with van der Waals surface area (Å²) in [6, 6.07) is 0. The van der Waals surface area contributed by atoms with Crippen LogP contribution in [0.25, 0.3) is 0 Å². The van der Waals surface area contributed by atoms with E-state index in [1.165, 1.54) is 7.11 Å². The van der Waals surface area contributed by atoms with Crippen LogP contribution in [0.2, 0.25) is 0 Å². The standard InChI is InChI=1S/C11H18O3/c1-9(5-4-6-10(2)12)7-8-11(13)14-3/h5H,4,6-8H2,1-3H3/b9-5-. The second-order valence-corrected chi connectivity index (χ2v) is 3.37. The Bertz CT molecular complexity index is 229. The largest absolute Gasteiger partial charge is 0.469 e. The second-order valence-electron chi connectivity index (χ2n) is 3.37. The van der Waals surface area contributed by atoms with Crippen LogP contribution in [0.4, 0.5) is 0 Å². The van der Waals surface area contributed by atoms with E-state index in [4.69, 9.17) is 0 Å². The monoisotopic (exact) mass is 198 g/mol. The maximum absolute atomic E-state index is 10.8. The van der Waals surface area contributed by atoms with Crippen LogP contribution >= 0.6 is 0 Å². The minimum Gasteiger partial charge on any atom is -0.469 e. The predicted octanol–water partition coefficient (Wildman–Crippen LogP) is 2.26. The number of carbonyl (C=O) groups is 2. The number of ketones is 1. The molecule has 14 heavy (non-hydrogen) atoms. The van der Waals surface area contributed by atoms with Gasteiger partial charge < -0.3 is 9.53 Å². The average Bonchev–Trinajstić information content (AvgIpc) is 2.13. The van der Waals surface area contributed by atoms with Crippen molar-refractivity contribution in [3.05, 3.63) is 11.6 Å². The number of rotatable bonds is 6. The topological polar surface area (TPSA) is 43.4 Å². The van der Waals surface area contributed by atoms with Gasteiger partial charge in [-0.05, 0) is 26.7 Å². The molecule has 0 rings (SSSR count). The highest BCUT2D eigenvalue weighted by atomic mass is 16.5. The SMILES string of the molecule is COC(=O)CC/C(C)=C\CCC(C)=O. The van der Waals surface area contributed by atoms with Gasteiger partial charge in [0.15, 0.2) is 0 Å². The van der Waals surface area contributed by atoms with Crippen LogP contribution in [-0.4, -0.2) is 18.9 Å². The van der Waals surface area contributed by atoms with Crippen molar-refractivity contribution in [2.24, 2.45) is 0 Å². The van der Waals surface area contributed by atoms with E-state index >= 15 is 0 Å². The molecule has 0 saturated carbocycles. The Hall–Kier alpha value is -1.12. The van der Waals surface area contributed by atoms with E-state index in [0.29, 0.717) is 19.3 Å². The van der Waals surface area contributed by atoms with Crippen molar-refractivity contribution in [2.45, 2.75) is 39.5 Å². The molecular weight excluding hydrogens is 180 g/mol. The van der Waals surface area contributed by atoms with Crippen LogP contribution < -0.4 is 0 Å². The highest BCUT2D eigenvalue weighted by Gasteiger charge is 2.00. The maximum Gasteiger partial charge on any atom is 0.305 e. The van der Waals surface area contributed by atoms with E-state index in [1.54, 1.807) is 6.92 Å². The quantitative estimate of drug-likeness (QED) is 0.485. The van der Waals surface area contributed by atoms with Gasteiger partial charge in [0.1, 0.15) is 5.78 Å². The lowest BCUT2D eigenvalue weighted by Gasteiger charge is -2.00. The van der Waals surface area contributed by atoms with E-state index in [-0.39, 0.29) is 11.8 Å². The summed E-state index contributed by atoms with van der Waals surface area (Å²) in [6.45, 7) is 3.54. The number of allylic oxidation sites excluding steroid dienone is 2. The summed E-state index contributed by atoms with van der Waals surface area (Å²) in [5, 5.41) is 0. The third-order valence-corrected chi connectivity index (χ3v) is 1.94. The van der Waals surface area contributed by atoms with Gasteiger partial charge in [-0.3, -0.25) is 4.79 Å². The third kappa shape index (κ3) is 7.53. The molecule has 3 nitrogen and oxygen atoms in total. The zero-order valence-electron chi connectivity index (χ0n) is 9.13. The van der Waals surface area contributed by atoms with Gasteiger partial charge in [0, 0.05) is 12.8 Å². The zero-order chi connectivity index (χ0) is 11.0. The Morgan fingerprint density at radius 1 is 1.14 bits per heavy atom. The first-order valence-electron chi connectivity index (χ1n) is 4.78. The minimum atomic E-state index is -0.190. The lowest BCUT2D eigenvalue weighted by molar-refractivity contribution is -0.140. The summed E-state index contributed by atoms with van der Waals surface area (Å²) in [7, 11) is 1.39. The molecule has 0 aromatic rings. The summed E-state index contributed by atoms with van der Waals surface area (Å²) >= 11 is 0. The summed E-state index contributed by atoms with van der Waals surface area (Å²) < 4.78 is 4.52. The molecule has 0 radical (unpaired) electrons. The van der Waals surface area contributed by atoms with Crippen molar-refractivity contribution in [2.75, 3.05) is 7.11 Å². The first-order valence-corrected chi connectivity index (χ1v) is 4.78. The van der Waals surface area contributed by atoms with Crippen molar-refractivity contribution in [1.82, 2.24) is 0 Å². The van der Waals surface area contributed by atoms with Crippen molar-refractivity contribution >= 4 is 11.8 Å². The fourth-order valence-electron chi connectivity index (χ4n) is 1.03. The molecule has 0 bridgehead atoms. The molecule has 0 unspecified atom stereocenters. The Morgan fingerprint density at radius 2 is 1.79 bits per heavy atom. The normalized spacial score (nSPS) is 11.2. The molecule has 0 aliphatic heterocycles. The molecule has 0 aliphatic carbocycles. The number of esters is 1. The molecule has 0 fully saturated rings. The van der Waals surface area contributed by atoms with Crippen LogP contribution in [0.5, 0.6) is 0 Å². The third-order valence-electron chi connectivity index (χ3n) is 1.94. The molecule has 0 aromatic carbocycles. The Kier molecular flexibility index (Phi) is 6.72. The number of Topliss-reactive ketones (excluding diaryl/α,β-unsaturated/α-hetero) is 1. The van der Waals surface area contributed by atoms with Crippen LogP contribution in [0.15, 0.2) is 11.6 Å². The van der Waals surface area contributed by atoms with Gasteiger partial charge in [-0.25, -0.2) is 0 Å². The fraction of sp³-hybridized carbons (Fsp3) is 0.636. The van der Waals surface area contributed by atoms with E-state index in [2.05, 4.69) is 4.74 Å². The average molecular weight is 198 g/mol. The highest BCUT2D eigenvalue weighted by molar-refractivity contribution is 5.75. The zero-order valence-corrected chi connectivity index (χ0v) is 9.13. The van der Waals surface area contributed by atoms with Crippen molar-refractivity contribution in [3.63, 3.8) is 0 Å². The molecular formula is C11H18O3.